The standard InChI is InChI=1S/C18H17.C2H6Si.2ClH.Zr/c1-3-14-12-16-10-7-11-17(18(16)13(14)2)15-8-5-4-6-9-15;1-3-2;;;/h4-12H,3H2,1-2H3;1-2H3;2*1H;/q;;;;+2/p-2. The van der Waals surface area contributed by atoms with Crippen molar-refractivity contribution in [3.8, 4) is 11.1 Å². The molecule has 0 bridgehead atoms. The summed E-state index contributed by atoms with van der Waals surface area (Å²) in [7, 11) is 0. The van der Waals surface area contributed by atoms with E-state index in [1.165, 1.54) is 17.5 Å². The zero-order valence-corrected chi connectivity index (χ0v) is 19.6. The van der Waals surface area contributed by atoms with Crippen LogP contribution in [0.2, 0.25) is 13.1 Å². The van der Waals surface area contributed by atoms with Crippen molar-refractivity contribution in [1.82, 2.24) is 0 Å². The molecule has 0 amide bonds. The van der Waals surface area contributed by atoms with E-state index in [0.29, 0.717) is 0 Å². The van der Waals surface area contributed by atoms with Crippen LogP contribution in [0.3, 0.4) is 0 Å². The molecule has 0 aromatic heterocycles. The van der Waals surface area contributed by atoms with Crippen molar-refractivity contribution in [3.05, 3.63) is 65.2 Å². The molecule has 24 heavy (non-hydrogen) atoms. The SMILES string of the molecule is CCC1=C(C)c2c(-c3ccccc3)cccc2[CH]1[Zr+2][Si](C)C.[Cl-].[Cl-]. The molecule has 0 N–H and O–H groups in total. The third-order valence-corrected chi connectivity index (χ3v) is 13.4. The van der Waals surface area contributed by atoms with Gasteiger partial charge < -0.3 is 24.8 Å². The van der Waals surface area contributed by atoms with Crippen molar-refractivity contribution in [2.45, 2.75) is 37.0 Å². The van der Waals surface area contributed by atoms with Gasteiger partial charge in [0.1, 0.15) is 0 Å². The minimum Gasteiger partial charge on any atom is -1.00 e. The van der Waals surface area contributed by atoms with Crippen LogP contribution in [0.1, 0.15) is 35.0 Å². The van der Waals surface area contributed by atoms with Crippen molar-refractivity contribution in [2.24, 2.45) is 0 Å². The van der Waals surface area contributed by atoms with E-state index >= 15 is 0 Å². The fraction of sp³-hybridized carbons (Fsp3) is 0.300. The fourth-order valence-electron chi connectivity index (χ4n) is 3.58. The molecule has 1 atom stereocenters. The van der Waals surface area contributed by atoms with E-state index in [4.69, 9.17) is 0 Å². The second-order valence-corrected chi connectivity index (χ2v) is 19.4. The summed E-state index contributed by atoms with van der Waals surface area (Å²) in [5, 5.41) is 0. The van der Waals surface area contributed by atoms with Crippen LogP contribution >= 0.6 is 0 Å². The van der Waals surface area contributed by atoms with Gasteiger partial charge in [0.25, 0.3) is 0 Å². The molecule has 0 saturated heterocycles. The average Bonchev–Trinajstić information content (AvgIpc) is 2.80. The van der Waals surface area contributed by atoms with Gasteiger partial charge in [-0.05, 0) is 0 Å². The number of rotatable bonds is 4. The van der Waals surface area contributed by atoms with Gasteiger partial charge in [-0.15, -0.1) is 0 Å². The first-order valence-corrected chi connectivity index (χ1v) is 15.7. The predicted molar refractivity (Wildman–Crippen MR) is 95.0 cm³/mol. The van der Waals surface area contributed by atoms with Gasteiger partial charge in [0, 0.05) is 0 Å². The van der Waals surface area contributed by atoms with Gasteiger partial charge in [-0.1, -0.05) is 0 Å². The second-order valence-electron chi connectivity index (χ2n) is 6.22. The van der Waals surface area contributed by atoms with E-state index in [0.717, 1.165) is 3.63 Å². The van der Waals surface area contributed by atoms with Crippen LogP contribution < -0.4 is 24.8 Å². The van der Waals surface area contributed by atoms with Crippen molar-refractivity contribution >= 4 is 11.5 Å². The molecule has 0 fully saturated rings. The van der Waals surface area contributed by atoms with Crippen LogP contribution in [0, 0.1) is 0 Å². The molecule has 4 heteroatoms. The van der Waals surface area contributed by atoms with E-state index in [1.54, 1.807) is 22.3 Å². The summed E-state index contributed by atoms with van der Waals surface area (Å²) in [6.07, 6.45) is 1.22. The topological polar surface area (TPSA) is 0 Å². The molecule has 0 nitrogen and oxygen atoms in total. The molecule has 2 aromatic rings. The second kappa shape index (κ2) is 9.53. The van der Waals surface area contributed by atoms with Gasteiger partial charge >= 0.3 is 147 Å². The number of hydrogen-bond acceptors (Lipinski definition) is 0. The minimum atomic E-state index is -0.339. The maximum atomic E-state index is 2.51. The molecule has 1 radical (unpaired) electrons. The summed E-state index contributed by atoms with van der Waals surface area (Å²) in [5.74, 6) is -0.0656. The van der Waals surface area contributed by atoms with Crippen molar-refractivity contribution in [1.29, 1.82) is 0 Å². The largest absolute Gasteiger partial charge is 1.00 e. The van der Waals surface area contributed by atoms with Crippen LogP contribution in [0.25, 0.3) is 16.7 Å². The maximum absolute atomic E-state index is 2.51. The molecule has 1 aliphatic rings. The van der Waals surface area contributed by atoms with Gasteiger partial charge in [-0.3, -0.25) is 0 Å². The Hall–Kier alpha value is -0.140. The molecule has 1 unspecified atom stereocenters. The molecule has 0 aliphatic heterocycles. The first kappa shape index (κ1) is 21.9. The number of allylic oxidation sites excluding steroid dienone is 2. The summed E-state index contributed by atoms with van der Waals surface area (Å²) in [6, 6.07) is 17.9. The van der Waals surface area contributed by atoms with Crippen molar-refractivity contribution < 1.29 is 47.2 Å². The van der Waals surface area contributed by atoms with Gasteiger partial charge in [-0.25, -0.2) is 0 Å². The third kappa shape index (κ3) is 4.15. The molecule has 125 valence electrons. The van der Waals surface area contributed by atoms with Crippen LogP contribution in [0.4, 0.5) is 0 Å². The molecule has 3 rings (SSSR count). The van der Waals surface area contributed by atoms with Crippen molar-refractivity contribution in [2.75, 3.05) is 0 Å². The molecule has 0 heterocycles. The van der Waals surface area contributed by atoms with E-state index < -0.39 is 0 Å². The van der Waals surface area contributed by atoms with Crippen LogP contribution in [0.5, 0.6) is 0 Å². The molecule has 1 aliphatic carbocycles. The van der Waals surface area contributed by atoms with Crippen LogP contribution in [-0.2, 0) is 22.4 Å². The normalized spacial score (nSPS) is 15.5. The van der Waals surface area contributed by atoms with Crippen LogP contribution in [-0.4, -0.2) is 5.92 Å². The Morgan fingerprint density at radius 3 is 2.21 bits per heavy atom. The zero-order chi connectivity index (χ0) is 15.7. The van der Waals surface area contributed by atoms with Crippen LogP contribution in [0.15, 0.2) is 54.1 Å². The van der Waals surface area contributed by atoms with Crippen molar-refractivity contribution in [3.63, 3.8) is 0 Å². The monoisotopic (exact) mass is 451 g/mol. The molecule has 0 saturated carbocycles. The Balaban J connectivity index is 0.00000144. The van der Waals surface area contributed by atoms with E-state index in [9.17, 15) is 0 Å². The van der Waals surface area contributed by atoms with Gasteiger partial charge in [0.05, 0.1) is 0 Å². The van der Waals surface area contributed by atoms with E-state index in [-0.39, 0.29) is 53.1 Å². The molecule has 0 spiro atoms. The van der Waals surface area contributed by atoms with Gasteiger partial charge in [0.2, 0.25) is 0 Å². The van der Waals surface area contributed by atoms with Gasteiger partial charge in [-0.2, -0.15) is 0 Å². The average molecular weight is 454 g/mol. The van der Waals surface area contributed by atoms with E-state index in [1.807, 2.05) is 0 Å². The quantitative estimate of drug-likeness (QED) is 0.569. The number of benzene rings is 2. The Morgan fingerprint density at radius 2 is 1.62 bits per heavy atom. The summed E-state index contributed by atoms with van der Waals surface area (Å²) in [6.45, 7) is 9.73. The zero-order valence-electron chi connectivity index (χ0n) is 14.7. The Bertz CT molecular complexity index is 711. The summed E-state index contributed by atoms with van der Waals surface area (Å²) in [4.78, 5) is 0. The number of fused-ring (bicyclic) bond motifs is 1. The maximum Gasteiger partial charge on any atom is -1.00 e. The summed E-state index contributed by atoms with van der Waals surface area (Å²) in [5.41, 5.74) is 9.32. The molecule has 2 aromatic carbocycles. The summed E-state index contributed by atoms with van der Waals surface area (Å²) >= 11 is -0.339. The van der Waals surface area contributed by atoms with E-state index in [2.05, 4.69) is 75.5 Å². The third-order valence-electron chi connectivity index (χ3n) is 4.51. The smallest absolute Gasteiger partial charge is 1.00 e. The predicted octanol–water partition coefficient (Wildman–Crippen LogP) is -0.0666. The summed E-state index contributed by atoms with van der Waals surface area (Å²) < 4.78 is 0.830. The Kier molecular flexibility index (Phi) is 8.70. The number of halogens is 2. The first-order valence-electron chi connectivity index (χ1n) is 8.08. The number of hydrogen-bond donors (Lipinski definition) is 0. The minimum absolute atomic E-state index is 0. The van der Waals surface area contributed by atoms with Gasteiger partial charge in [0.15, 0.2) is 0 Å². The Labute approximate surface area is 171 Å². The molecular formula is C20H23Cl2SiZr. The fourth-order valence-corrected chi connectivity index (χ4v) is 12.8. The Morgan fingerprint density at radius 1 is 0.958 bits per heavy atom. The molecular weight excluding hydrogens is 430 g/mol. The first-order chi connectivity index (χ1) is 10.6.